The summed E-state index contributed by atoms with van der Waals surface area (Å²) in [4.78, 5) is 5.61. The fraction of sp³-hybridized carbons (Fsp3) is 0.474. The first-order valence-electron chi connectivity index (χ1n) is 8.87. The van der Waals surface area contributed by atoms with Gasteiger partial charge in [-0.3, -0.25) is 4.99 Å². The molecule has 0 aliphatic heterocycles. The second-order valence-corrected chi connectivity index (χ2v) is 6.77. The lowest BCUT2D eigenvalue weighted by Gasteiger charge is -2.12. The molecule has 5 nitrogen and oxygen atoms in total. The van der Waals surface area contributed by atoms with Crippen molar-refractivity contribution < 1.29 is 4.52 Å². The minimum absolute atomic E-state index is 0.689. The van der Waals surface area contributed by atoms with Crippen molar-refractivity contribution in [2.24, 2.45) is 4.99 Å². The first-order chi connectivity index (χ1) is 12.3. The first-order valence-corrected chi connectivity index (χ1v) is 9.85. The molecule has 0 amide bonds. The molecule has 0 aliphatic rings. The molecule has 0 saturated carbocycles. The number of aliphatic imine (C=N–C) groups is 1. The molecule has 0 bridgehead atoms. The minimum Gasteiger partial charge on any atom is -0.361 e. The molecule has 2 aromatic rings. The van der Waals surface area contributed by atoms with Gasteiger partial charge in [0.15, 0.2) is 5.96 Å². The van der Waals surface area contributed by atoms with E-state index in [1.807, 2.05) is 17.8 Å². The molecule has 25 heavy (non-hydrogen) atoms. The number of aromatic nitrogens is 1. The van der Waals surface area contributed by atoms with Crippen LogP contribution in [0.3, 0.4) is 0 Å². The summed E-state index contributed by atoms with van der Waals surface area (Å²) in [5, 5.41) is 10.9. The normalized spacial score (nSPS) is 11.6. The quantitative estimate of drug-likeness (QED) is 0.309. The van der Waals surface area contributed by atoms with E-state index in [2.05, 4.69) is 58.9 Å². The van der Waals surface area contributed by atoms with Crippen molar-refractivity contribution in [2.75, 3.05) is 19.3 Å². The fourth-order valence-corrected chi connectivity index (χ4v) is 3.39. The van der Waals surface area contributed by atoms with E-state index in [1.54, 1.807) is 7.05 Å². The number of benzene rings is 1. The van der Waals surface area contributed by atoms with Crippen molar-refractivity contribution in [1.29, 1.82) is 0 Å². The van der Waals surface area contributed by atoms with Gasteiger partial charge in [0.1, 0.15) is 5.76 Å². The van der Waals surface area contributed by atoms with Crippen LogP contribution < -0.4 is 10.6 Å². The van der Waals surface area contributed by atoms with Crippen molar-refractivity contribution in [3.8, 4) is 0 Å². The largest absolute Gasteiger partial charge is 0.361 e. The van der Waals surface area contributed by atoms with Crippen LogP contribution in [0.1, 0.15) is 37.3 Å². The number of guanidine groups is 1. The maximum absolute atomic E-state index is 5.40. The highest BCUT2D eigenvalue weighted by Crippen LogP contribution is 2.17. The maximum Gasteiger partial charge on any atom is 0.191 e. The molecular formula is C19H28N4OS. The van der Waals surface area contributed by atoms with Crippen LogP contribution in [0.5, 0.6) is 0 Å². The zero-order valence-electron chi connectivity index (χ0n) is 15.3. The molecule has 0 fully saturated rings. The van der Waals surface area contributed by atoms with Crippen LogP contribution in [-0.4, -0.2) is 30.5 Å². The van der Waals surface area contributed by atoms with E-state index in [0.29, 0.717) is 6.54 Å². The zero-order chi connectivity index (χ0) is 17.9. The molecule has 6 heteroatoms. The Hall–Kier alpha value is -1.95. The average molecular weight is 361 g/mol. The highest BCUT2D eigenvalue weighted by atomic mass is 32.2. The minimum atomic E-state index is 0.689. The molecule has 1 heterocycles. The van der Waals surface area contributed by atoms with Crippen molar-refractivity contribution in [3.05, 3.63) is 47.3 Å². The summed E-state index contributed by atoms with van der Waals surface area (Å²) in [7, 11) is 1.79. The van der Waals surface area contributed by atoms with Crippen LogP contribution in [-0.2, 0) is 19.4 Å². The van der Waals surface area contributed by atoms with Crippen LogP contribution in [0, 0.1) is 0 Å². The summed E-state index contributed by atoms with van der Waals surface area (Å²) in [6.45, 7) is 5.76. The van der Waals surface area contributed by atoms with E-state index in [1.165, 1.54) is 4.90 Å². The van der Waals surface area contributed by atoms with Gasteiger partial charge in [-0.2, -0.15) is 0 Å². The molecule has 136 valence electrons. The molecule has 2 N–H and O–H groups in total. The van der Waals surface area contributed by atoms with Gasteiger partial charge in [-0.05, 0) is 30.7 Å². The van der Waals surface area contributed by atoms with E-state index < -0.39 is 0 Å². The van der Waals surface area contributed by atoms with E-state index >= 15 is 0 Å². The second-order valence-electron chi connectivity index (χ2n) is 5.61. The summed E-state index contributed by atoms with van der Waals surface area (Å²) in [5.74, 6) is 2.86. The Kier molecular flexibility index (Phi) is 8.39. The van der Waals surface area contributed by atoms with Gasteiger partial charge in [-0.15, -0.1) is 11.8 Å². The summed E-state index contributed by atoms with van der Waals surface area (Å²) >= 11 is 1.88. The van der Waals surface area contributed by atoms with E-state index in [0.717, 1.165) is 54.5 Å². The molecule has 0 aliphatic carbocycles. The van der Waals surface area contributed by atoms with E-state index in [4.69, 9.17) is 4.52 Å². The lowest BCUT2D eigenvalue weighted by atomic mass is 10.1. The van der Waals surface area contributed by atoms with Gasteiger partial charge in [0, 0.05) is 37.0 Å². The molecule has 0 unspecified atom stereocenters. The molecule has 1 aromatic carbocycles. The summed E-state index contributed by atoms with van der Waals surface area (Å²) in [6.07, 6.45) is 2.81. The lowest BCUT2D eigenvalue weighted by Crippen LogP contribution is -2.37. The Bertz CT molecular complexity index is 633. The molecule has 1 aromatic heterocycles. The van der Waals surface area contributed by atoms with Gasteiger partial charge in [-0.1, -0.05) is 37.2 Å². The standard InChI is InChI=1S/C19H28N4OS/c1-4-17-16(18(5-2)24-23-17)14-22-19(20-3)21-12-9-13-25-15-10-7-6-8-11-15/h6-8,10-11H,4-5,9,12-14H2,1-3H3,(H2,20,21,22). The van der Waals surface area contributed by atoms with Gasteiger partial charge in [0.25, 0.3) is 0 Å². The van der Waals surface area contributed by atoms with Gasteiger partial charge in [0.2, 0.25) is 0 Å². The van der Waals surface area contributed by atoms with E-state index in [-0.39, 0.29) is 0 Å². The van der Waals surface area contributed by atoms with Gasteiger partial charge >= 0.3 is 0 Å². The van der Waals surface area contributed by atoms with Gasteiger partial charge in [0.05, 0.1) is 5.69 Å². The van der Waals surface area contributed by atoms with Crippen molar-refractivity contribution in [3.63, 3.8) is 0 Å². The second kappa shape index (κ2) is 10.8. The number of aryl methyl sites for hydroxylation is 2. The van der Waals surface area contributed by atoms with Crippen molar-refractivity contribution in [1.82, 2.24) is 15.8 Å². The third-order valence-corrected chi connectivity index (χ3v) is 4.99. The molecule has 0 radical (unpaired) electrons. The van der Waals surface area contributed by atoms with Crippen LogP contribution in [0.4, 0.5) is 0 Å². The van der Waals surface area contributed by atoms with Crippen LogP contribution in [0.25, 0.3) is 0 Å². The topological polar surface area (TPSA) is 62.5 Å². The van der Waals surface area contributed by atoms with Crippen LogP contribution in [0.2, 0.25) is 0 Å². The Morgan fingerprint density at radius 1 is 1.16 bits per heavy atom. The smallest absolute Gasteiger partial charge is 0.191 e. The maximum atomic E-state index is 5.40. The molecule has 2 rings (SSSR count). The Morgan fingerprint density at radius 3 is 2.64 bits per heavy atom. The lowest BCUT2D eigenvalue weighted by molar-refractivity contribution is 0.380. The van der Waals surface area contributed by atoms with Crippen molar-refractivity contribution in [2.45, 2.75) is 44.6 Å². The highest BCUT2D eigenvalue weighted by Gasteiger charge is 2.13. The average Bonchev–Trinajstić information content (AvgIpc) is 3.06. The van der Waals surface area contributed by atoms with Gasteiger partial charge < -0.3 is 15.2 Å². The zero-order valence-corrected chi connectivity index (χ0v) is 16.2. The molecular weight excluding hydrogens is 332 g/mol. The predicted molar refractivity (Wildman–Crippen MR) is 105 cm³/mol. The van der Waals surface area contributed by atoms with Gasteiger partial charge in [-0.25, -0.2) is 0 Å². The van der Waals surface area contributed by atoms with Crippen LogP contribution in [0.15, 0.2) is 44.7 Å². The summed E-state index contributed by atoms with van der Waals surface area (Å²) < 4.78 is 5.40. The van der Waals surface area contributed by atoms with Crippen molar-refractivity contribution >= 4 is 17.7 Å². The fourth-order valence-electron chi connectivity index (χ4n) is 2.52. The third kappa shape index (κ3) is 6.12. The molecule has 0 saturated heterocycles. The number of nitrogens with one attached hydrogen (secondary N) is 2. The molecule has 0 spiro atoms. The van der Waals surface area contributed by atoms with E-state index in [9.17, 15) is 0 Å². The first kappa shape index (κ1) is 19.4. The number of thioether (sulfide) groups is 1. The number of hydrogen-bond donors (Lipinski definition) is 2. The SMILES string of the molecule is CCc1noc(CC)c1CNC(=NC)NCCCSc1ccccc1. The Labute approximate surface area is 154 Å². The Morgan fingerprint density at radius 2 is 1.96 bits per heavy atom. The summed E-state index contributed by atoms with van der Waals surface area (Å²) in [6, 6.07) is 10.5. The predicted octanol–water partition coefficient (Wildman–Crippen LogP) is 3.65. The highest BCUT2D eigenvalue weighted by molar-refractivity contribution is 7.99. The number of hydrogen-bond acceptors (Lipinski definition) is 4. The third-order valence-electron chi connectivity index (χ3n) is 3.89. The Balaban J connectivity index is 1.71. The summed E-state index contributed by atoms with van der Waals surface area (Å²) in [5.41, 5.74) is 2.19. The number of nitrogens with zero attached hydrogens (tertiary/aromatic N) is 2. The molecule has 0 atom stereocenters. The number of rotatable bonds is 9. The monoisotopic (exact) mass is 360 g/mol. The van der Waals surface area contributed by atoms with Crippen LogP contribution >= 0.6 is 11.8 Å².